The molecule has 0 amide bonds. The Morgan fingerprint density at radius 1 is 2.00 bits per heavy atom. The lowest BCUT2D eigenvalue weighted by Gasteiger charge is -2.14. The van der Waals surface area contributed by atoms with Gasteiger partial charge in [0.15, 0.2) is 0 Å². The molecule has 0 saturated carbocycles. The third-order valence-electron chi connectivity index (χ3n) is 0.817. The van der Waals surface area contributed by atoms with E-state index in [1.54, 1.807) is 0 Å². The third-order valence-corrected chi connectivity index (χ3v) is 1.47. The van der Waals surface area contributed by atoms with Crippen LogP contribution in [0.3, 0.4) is 0 Å². The molecule has 0 bridgehead atoms. The van der Waals surface area contributed by atoms with Crippen molar-refractivity contribution in [2.75, 3.05) is 5.75 Å². The SMILES string of the molecule is C[C@@](N)(CS)C(=O)O. The zero-order chi connectivity index (χ0) is 6.78. The van der Waals surface area contributed by atoms with Crippen molar-refractivity contribution in [2.45, 2.75) is 12.5 Å². The van der Waals surface area contributed by atoms with Gasteiger partial charge in [-0.25, -0.2) is 0 Å². The molecule has 0 fully saturated rings. The van der Waals surface area contributed by atoms with E-state index in [0.29, 0.717) is 0 Å². The number of aliphatic carboxylic acids is 1. The number of carboxylic acids is 1. The summed E-state index contributed by atoms with van der Waals surface area (Å²) < 4.78 is 0. The summed E-state index contributed by atoms with van der Waals surface area (Å²) in [7, 11) is 0. The minimum Gasteiger partial charge on any atom is -0.480 e. The first-order valence-electron chi connectivity index (χ1n) is 2.14. The first kappa shape index (κ1) is 7.78. The Hall–Kier alpha value is -0.220. The molecular formula is C4H9NO2S. The maximum atomic E-state index is 10.1. The Balaban J connectivity index is 3.91. The maximum Gasteiger partial charge on any atom is 0.324 e. The molecule has 0 unspecified atom stereocenters. The van der Waals surface area contributed by atoms with Gasteiger partial charge in [-0.3, -0.25) is 4.79 Å². The largest absolute Gasteiger partial charge is 0.480 e. The minimum atomic E-state index is -1.18. The molecule has 8 heavy (non-hydrogen) atoms. The van der Waals surface area contributed by atoms with Crippen LogP contribution in [0.25, 0.3) is 0 Å². The Morgan fingerprint density at radius 2 is 2.38 bits per heavy atom. The van der Waals surface area contributed by atoms with Crippen molar-refractivity contribution < 1.29 is 9.90 Å². The van der Waals surface area contributed by atoms with Crippen molar-refractivity contribution >= 4 is 18.6 Å². The number of hydrogen-bond donors (Lipinski definition) is 3. The molecule has 0 aliphatic carbocycles. The molecular weight excluding hydrogens is 126 g/mol. The van der Waals surface area contributed by atoms with Gasteiger partial charge in [0.05, 0.1) is 0 Å². The molecule has 1 atom stereocenters. The van der Waals surface area contributed by atoms with E-state index in [1.165, 1.54) is 6.92 Å². The van der Waals surface area contributed by atoms with Gasteiger partial charge in [0.25, 0.3) is 0 Å². The van der Waals surface area contributed by atoms with Gasteiger partial charge >= 0.3 is 5.97 Å². The van der Waals surface area contributed by atoms with Crippen LogP contribution in [-0.2, 0) is 4.79 Å². The Kier molecular flexibility index (Phi) is 2.30. The van der Waals surface area contributed by atoms with Gasteiger partial charge < -0.3 is 10.8 Å². The zero-order valence-electron chi connectivity index (χ0n) is 4.59. The standard InChI is InChI=1S/C4H9NO2S/c1-4(5,2-8)3(6)7/h8H,2,5H2,1H3,(H,6,7)/t4-/m1/s1. The minimum absolute atomic E-state index is 0.155. The number of thiol groups is 1. The van der Waals surface area contributed by atoms with Gasteiger partial charge in [-0.2, -0.15) is 12.6 Å². The lowest BCUT2D eigenvalue weighted by molar-refractivity contribution is -0.141. The molecule has 0 radical (unpaired) electrons. The number of carboxylic acid groups (broad SMARTS) is 1. The van der Waals surface area contributed by atoms with Crippen LogP contribution in [0, 0.1) is 0 Å². The number of nitrogens with two attached hydrogens (primary N) is 1. The van der Waals surface area contributed by atoms with Crippen molar-refractivity contribution in [3.63, 3.8) is 0 Å². The van der Waals surface area contributed by atoms with E-state index < -0.39 is 11.5 Å². The highest BCUT2D eigenvalue weighted by Crippen LogP contribution is 1.99. The molecule has 0 saturated heterocycles. The molecule has 48 valence electrons. The molecule has 4 heteroatoms. The Labute approximate surface area is 53.3 Å². The van der Waals surface area contributed by atoms with Gasteiger partial charge in [0.1, 0.15) is 5.54 Å². The number of carbonyl (C=O) groups is 1. The topological polar surface area (TPSA) is 63.3 Å². The summed E-state index contributed by atoms with van der Waals surface area (Å²) in [5, 5.41) is 8.27. The van der Waals surface area contributed by atoms with Crippen LogP contribution in [0.5, 0.6) is 0 Å². The van der Waals surface area contributed by atoms with E-state index >= 15 is 0 Å². The van der Waals surface area contributed by atoms with Crippen molar-refractivity contribution in [1.29, 1.82) is 0 Å². The van der Waals surface area contributed by atoms with E-state index in [-0.39, 0.29) is 5.75 Å². The van der Waals surface area contributed by atoms with E-state index in [2.05, 4.69) is 12.6 Å². The first-order chi connectivity index (χ1) is 3.50. The molecule has 0 aromatic carbocycles. The van der Waals surface area contributed by atoms with E-state index in [4.69, 9.17) is 10.8 Å². The van der Waals surface area contributed by atoms with Gasteiger partial charge in [0.2, 0.25) is 0 Å². The second-order valence-electron chi connectivity index (χ2n) is 1.88. The summed E-state index contributed by atoms with van der Waals surface area (Å²) in [6.45, 7) is 1.42. The van der Waals surface area contributed by atoms with Crippen molar-refractivity contribution in [3.05, 3.63) is 0 Å². The zero-order valence-corrected chi connectivity index (χ0v) is 5.48. The lowest BCUT2D eigenvalue weighted by Crippen LogP contribution is -2.46. The second-order valence-corrected chi connectivity index (χ2v) is 2.20. The highest BCUT2D eigenvalue weighted by Gasteiger charge is 2.25. The summed E-state index contributed by atoms with van der Waals surface area (Å²) in [5.74, 6) is -0.866. The molecule has 0 aliphatic rings. The van der Waals surface area contributed by atoms with Gasteiger partial charge in [0, 0.05) is 5.75 Å². The monoisotopic (exact) mass is 135 g/mol. The van der Waals surface area contributed by atoms with Crippen LogP contribution in [0.4, 0.5) is 0 Å². The summed E-state index contributed by atoms with van der Waals surface area (Å²) in [6.07, 6.45) is 0. The molecule has 0 rings (SSSR count). The average molecular weight is 135 g/mol. The normalized spacial score (nSPS) is 17.4. The van der Waals surface area contributed by atoms with Crippen LogP contribution < -0.4 is 5.73 Å². The molecule has 0 aromatic heterocycles. The van der Waals surface area contributed by atoms with Crippen molar-refractivity contribution in [1.82, 2.24) is 0 Å². The van der Waals surface area contributed by atoms with Gasteiger partial charge in [-0.05, 0) is 6.92 Å². The number of hydrogen-bond acceptors (Lipinski definition) is 3. The van der Waals surface area contributed by atoms with Crippen molar-refractivity contribution in [2.24, 2.45) is 5.73 Å². The second kappa shape index (κ2) is 2.37. The van der Waals surface area contributed by atoms with Crippen LogP contribution in [0.1, 0.15) is 6.92 Å². The summed E-state index contributed by atoms with van der Waals surface area (Å²) in [4.78, 5) is 10.1. The maximum absolute atomic E-state index is 10.1. The summed E-state index contributed by atoms with van der Waals surface area (Å²) in [5.41, 5.74) is 4.01. The summed E-state index contributed by atoms with van der Waals surface area (Å²) in [6, 6.07) is 0. The van der Waals surface area contributed by atoms with E-state index in [0.717, 1.165) is 0 Å². The first-order valence-corrected chi connectivity index (χ1v) is 2.77. The summed E-state index contributed by atoms with van der Waals surface area (Å²) >= 11 is 3.73. The molecule has 0 spiro atoms. The smallest absolute Gasteiger partial charge is 0.324 e. The molecule has 0 aromatic rings. The van der Waals surface area contributed by atoms with Crippen LogP contribution in [0.15, 0.2) is 0 Å². The fourth-order valence-corrected chi connectivity index (χ4v) is 0.203. The predicted octanol–water partition coefficient (Wildman–Crippen LogP) is -0.282. The average Bonchev–Trinajstić information content (AvgIpc) is 1.67. The van der Waals surface area contributed by atoms with E-state index in [9.17, 15) is 4.79 Å². The number of rotatable bonds is 2. The highest BCUT2D eigenvalue weighted by atomic mass is 32.1. The van der Waals surface area contributed by atoms with Crippen molar-refractivity contribution in [3.8, 4) is 0 Å². The Bertz CT molecular complexity index is 102. The van der Waals surface area contributed by atoms with Gasteiger partial charge in [-0.15, -0.1) is 0 Å². The van der Waals surface area contributed by atoms with Crippen LogP contribution in [-0.4, -0.2) is 22.4 Å². The molecule has 3 N–H and O–H groups in total. The van der Waals surface area contributed by atoms with Crippen LogP contribution in [0.2, 0.25) is 0 Å². The molecule has 0 aliphatic heterocycles. The fourth-order valence-electron chi connectivity index (χ4n) is 0.0676. The fraction of sp³-hybridized carbons (Fsp3) is 0.750. The Morgan fingerprint density at radius 3 is 2.38 bits per heavy atom. The quantitative estimate of drug-likeness (QED) is 0.456. The van der Waals surface area contributed by atoms with Crippen LogP contribution >= 0.6 is 12.6 Å². The lowest BCUT2D eigenvalue weighted by atomic mass is 10.1. The molecule has 3 nitrogen and oxygen atoms in total. The van der Waals surface area contributed by atoms with E-state index in [1.807, 2.05) is 0 Å². The third kappa shape index (κ3) is 1.71. The molecule has 0 heterocycles. The highest BCUT2D eigenvalue weighted by molar-refractivity contribution is 7.80. The predicted molar refractivity (Wildman–Crippen MR) is 34.1 cm³/mol. The van der Waals surface area contributed by atoms with Gasteiger partial charge in [-0.1, -0.05) is 0 Å².